The molecule has 86 valence electrons. The van der Waals surface area contributed by atoms with Gasteiger partial charge in [-0.05, 0) is 25.7 Å². The number of amides is 2. The zero-order chi connectivity index (χ0) is 10.7. The summed E-state index contributed by atoms with van der Waals surface area (Å²) in [5.41, 5.74) is 0. The number of rotatable bonds is 3. The first-order valence-electron chi connectivity index (χ1n) is 5.98. The van der Waals surface area contributed by atoms with Gasteiger partial charge in [-0.15, -0.1) is 0 Å². The summed E-state index contributed by atoms with van der Waals surface area (Å²) in [5.74, 6) is 0.253. The molecule has 0 aromatic carbocycles. The second kappa shape index (κ2) is 4.84. The summed E-state index contributed by atoms with van der Waals surface area (Å²) in [6.07, 6.45) is 6.21. The number of hydrogen-bond donors (Lipinski definition) is 3. The standard InChI is InChI=1S/C11H20N2O2/c14-10-4-2-1-3-8(10)7-12-11(15)13-9-5-6-9/h8-10,14H,1-7H2,(H2,12,13,15). The fourth-order valence-electron chi connectivity index (χ4n) is 2.11. The first-order chi connectivity index (χ1) is 7.25. The molecule has 0 heterocycles. The second-order valence-electron chi connectivity index (χ2n) is 4.74. The lowest BCUT2D eigenvalue weighted by Gasteiger charge is -2.27. The minimum atomic E-state index is -0.222. The van der Waals surface area contributed by atoms with Gasteiger partial charge < -0.3 is 15.7 Å². The van der Waals surface area contributed by atoms with Crippen molar-refractivity contribution in [2.75, 3.05) is 6.54 Å². The van der Waals surface area contributed by atoms with Crippen LogP contribution in [0.25, 0.3) is 0 Å². The molecule has 0 spiro atoms. The zero-order valence-electron chi connectivity index (χ0n) is 9.04. The molecule has 0 aliphatic heterocycles. The smallest absolute Gasteiger partial charge is 0.315 e. The number of carbonyl (C=O) groups excluding carboxylic acids is 1. The van der Waals surface area contributed by atoms with Crippen molar-refractivity contribution in [3.63, 3.8) is 0 Å². The molecule has 2 rings (SSSR count). The van der Waals surface area contributed by atoms with Gasteiger partial charge in [-0.25, -0.2) is 4.79 Å². The highest BCUT2D eigenvalue weighted by molar-refractivity contribution is 5.74. The third kappa shape index (κ3) is 3.38. The Labute approximate surface area is 90.4 Å². The number of nitrogens with one attached hydrogen (secondary N) is 2. The third-order valence-corrected chi connectivity index (χ3v) is 3.31. The minimum absolute atomic E-state index is 0.0738. The Morgan fingerprint density at radius 3 is 2.60 bits per heavy atom. The highest BCUT2D eigenvalue weighted by atomic mass is 16.3. The lowest BCUT2D eigenvalue weighted by Crippen LogP contribution is -2.42. The molecule has 0 bridgehead atoms. The first kappa shape index (κ1) is 10.7. The quantitative estimate of drug-likeness (QED) is 0.653. The molecule has 3 N–H and O–H groups in total. The molecule has 2 aliphatic rings. The van der Waals surface area contributed by atoms with E-state index in [1.54, 1.807) is 0 Å². The average Bonchev–Trinajstić information content (AvgIpc) is 3.00. The van der Waals surface area contributed by atoms with Gasteiger partial charge in [0.25, 0.3) is 0 Å². The molecule has 0 aromatic rings. The molecule has 0 saturated heterocycles. The molecule has 15 heavy (non-hydrogen) atoms. The number of carbonyl (C=O) groups is 1. The molecule has 4 nitrogen and oxygen atoms in total. The van der Waals surface area contributed by atoms with E-state index in [9.17, 15) is 9.90 Å². The Morgan fingerprint density at radius 1 is 1.20 bits per heavy atom. The molecule has 0 radical (unpaired) electrons. The van der Waals surface area contributed by atoms with Crippen molar-refractivity contribution >= 4 is 6.03 Å². The molecule has 4 heteroatoms. The Balaban J connectivity index is 1.64. The summed E-state index contributed by atoms with van der Waals surface area (Å²) in [6, 6.07) is 0.330. The SMILES string of the molecule is O=C(NCC1CCCCC1O)NC1CC1. The Bertz CT molecular complexity index is 229. The molecule has 0 aromatic heterocycles. The van der Waals surface area contributed by atoms with Crippen LogP contribution >= 0.6 is 0 Å². The number of urea groups is 1. The number of hydrogen-bond acceptors (Lipinski definition) is 2. The maximum atomic E-state index is 11.3. The molecule has 2 atom stereocenters. The molecule has 2 amide bonds. The Kier molecular flexibility index (Phi) is 3.46. The predicted molar refractivity (Wildman–Crippen MR) is 57.5 cm³/mol. The molecular weight excluding hydrogens is 192 g/mol. The van der Waals surface area contributed by atoms with Gasteiger partial charge in [-0.2, -0.15) is 0 Å². The van der Waals surface area contributed by atoms with E-state index < -0.39 is 0 Å². The van der Waals surface area contributed by atoms with Crippen LogP contribution in [0.5, 0.6) is 0 Å². The summed E-state index contributed by atoms with van der Waals surface area (Å²) >= 11 is 0. The van der Waals surface area contributed by atoms with Crippen molar-refractivity contribution in [2.45, 2.75) is 50.7 Å². The van der Waals surface area contributed by atoms with Crippen LogP contribution in [0.15, 0.2) is 0 Å². The molecule has 2 unspecified atom stereocenters. The summed E-state index contributed by atoms with van der Waals surface area (Å²) in [5, 5.41) is 15.4. The van der Waals surface area contributed by atoms with E-state index in [0.29, 0.717) is 12.6 Å². The Morgan fingerprint density at radius 2 is 1.93 bits per heavy atom. The summed E-state index contributed by atoms with van der Waals surface area (Å²) < 4.78 is 0. The normalized spacial score (nSPS) is 31.0. The number of aliphatic hydroxyl groups excluding tert-OH is 1. The van der Waals surface area contributed by atoms with Crippen molar-refractivity contribution in [1.82, 2.24) is 10.6 Å². The van der Waals surface area contributed by atoms with Crippen LogP contribution < -0.4 is 10.6 Å². The fourth-order valence-corrected chi connectivity index (χ4v) is 2.11. The van der Waals surface area contributed by atoms with Gasteiger partial charge in [0, 0.05) is 18.5 Å². The van der Waals surface area contributed by atoms with Crippen LogP contribution in [-0.4, -0.2) is 29.8 Å². The van der Waals surface area contributed by atoms with Gasteiger partial charge >= 0.3 is 6.03 Å². The van der Waals surface area contributed by atoms with E-state index in [0.717, 1.165) is 32.1 Å². The van der Waals surface area contributed by atoms with Gasteiger partial charge in [0.05, 0.1) is 6.10 Å². The highest BCUT2D eigenvalue weighted by Gasteiger charge is 2.25. The van der Waals surface area contributed by atoms with Crippen molar-refractivity contribution in [3.05, 3.63) is 0 Å². The lowest BCUT2D eigenvalue weighted by atomic mass is 9.86. The van der Waals surface area contributed by atoms with Crippen LogP contribution in [0.3, 0.4) is 0 Å². The van der Waals surface area contributed by atoms with Gasteiger partial charge in [0.1, 0.15) is 0 Å². The summed E-state index contributed by atoms with van der Waals surface area (Å²) in [7, 11) is 0. The van der Waals surface area contributed by atoms with Crippen LogP contribution in [-0.2, 0) is 0 Å². The van der Waals surface area contributed by atoms with E-state index in [-0.39, 0.29) is 18.1 Å². The fraction of sp³-hybridized carbons (Fsp3) is 0.909. The van der Waals surface area contributed by atoms with Crippen LogP contribution in [0.1, 0.15) is 38.5 Å². The van der Waals surface area contributed by atoms with Crippen LogP contribution in [0.2, 0.25) is 0 Å². The van der Waals surface area contributed by atoms with E-state index in [1.807, 2.05) is 0 Å². The van der Waals surface area contributed by atoms with E-state index in [4.69, 9.17) is 0 Å². The third-order valence-electron chi connectivity index (χ3n) is 3.31. The van der Waals surface area contributed by atoms with E-state index in [2.05, 4.69) is 10.6 Å². The van der Waals surface area contributed by atoms with Gasteiger partial charge in [-0.3, -0.25) is 0 Å². The van der Waals surface area contributed by atoms with Crippen LogP contribution in [0.4, 0.5) is 4.79 Å². The molecule has 2 fully saturated rings. The van der Waals surface area contributed by atoms with Gasteiger partial charge in [0.15, 0.2) is 0 Å². The van der Waals surface area contributed by atoms with Crippen molar-refractivity contribution < 1.29 is 9.90 Å². The first-order valence-corrected chi connectivity index (χ1v) is 5.98. The van der Waals surface area contributed by atoms with E-state index in [1.165, 1.54) is 6.42 Å². The van der Waals surface area contributed by atoms with E-state index >= 15 is 0 Å². The molecular formula is C11H20N2O2. The largest absolute Gasteiger partial charge is 0.393 e. The number of aliphatic hydroxyl groups is 1. The maximum Gasteiger partial charge on any atom is 0.315 e. The van der Waals surface area contributed by atoms with Gasteiger partial charge in [0.2, 0.25) is 0 Å². The van der Waals surface area contributed by atoms with Crippen molar-refractivity contribution in [3.8, 4) is 0 Å². The predicted octanol–water partition coefficient (Wildman–Crippen LogP) is 0.999. The second-order valence-corrected chi connectivity index (χ2v) is 4.74. The zero-order valence-corrected chi connectivity index (χ0v) is 9.04. The molecule has 2 saturated carbocycles. The topological polar surface area (TPSA) is 61.4 Å². The van der Waals surface area contributed by atoms with Crippen molar-refractivity contribution in [2.24, 2.45) is 5.92 Å². The highest BCUT2D eigenvalue weighted by Crippen LogP contribution is 2.23. The maximum absolute atomic E-state index is 11.3. The minimum Gasteiger partial charge on any atom is -0.393 e. The lowest BCUT2D eigenvalue weighted by molar-refractivity contribution is 0.0709. The van der Waals surface area contributed by atoms with Crippen LogP contribution in [0, 0.1) is 5.92 Å². The monoisotopic (exact) mass is 212 g/mol. The van der Waals surface area contributed by atoms with Crippen molar-refractivity contribution in [1.29, 1.82) is 0 Å². The molecule has 2 aliphatic carbocycles. The van der Waals surface area contributed by atoms with Gasteiger partial charge in [-0.1, -0.05) is 12.8 Å². The summed E-state index contributed by atoms with van der Waals surface area (Å²) in [6.45, 7) is 0.611. The summed E-state index contributed by atoms with van der Waals surface area (Å²) in [4.78, 5) is 11.3. The average molecular weight is 212 g/mol. The Hall–Kier alpha value is -0.770.